The van der Waals surface area contributed by atoms with E-state index < -0.39 is 0 Å². The molecule has 0 saturated heterocycles. The first-order valence-electron chi connectivity index (χ1n) is 4.30. The Kier molecular flexibility index (Phi) is 2.79. The summed E-state index contributed by atoms with van der Waals surface area (Å²) in [4.78, 5) is 4.18. The number of benzene rings is 1. The summed E-state index contributed by atoms with van der Waals surface area (Å²) in [6.07, 6.45) is 0. The van der Waals surface area contributed by atoms with Crippen LogP contribution in [0.1, 0.15) is 5.69 Å². The Morgan fingerprint density at radius 3 is 2.87 bits per heavy atom. The molecule has 1 aromatic heterocycles. The van der Waals surface area contributed by atoms with Crippen LogP contribution in [0.25, 0.3) is 0 Å². The zero-order chi connectivity index (χ0) is 10.8. The van der Waals surface area contributed by atoms with Gasteiger partial charge >= 0.3 is 0 Å². The number of rotatable bonds is 2. The molecule has 78 valence electrons. The second kappa shape index (κ2) is 4.08. The molecule has 2 N–H and O–H groups in total. The van der Waals surface area contributed by atoms with Gasteiger partial charge in [-0.05, 0) is 19.1 Å². The number of anilines is 1. The van der Waals surface area contributed by atoms with Gasteiger partial charge in [-0.15, -0.1) is 0 Å². The van der Waals surface area contributed by atoms with E-state index >= 15 is 0 Å². The SMILES string of the molecule is Cc1csc(Oc2ccc(N)c(Cl)c2)n1. The lowest BCUT2D eigenvalue weighted by Crippen LogP contribution is -1.88. The van der Waals surface area contributed by atoms with Gasteiger partial charge in [0, 0.05) is 11.4 Å². The summed E-state index contributed by atoms with van der Waals surface area (Å²) in [5.74, 6) is 0.642. The number of hydrogen-bond acceptors (Lipinski definition) is 4. The van der Waals surface area contributed by atoms with Crippen molar-refractivity contribution in [3.63, 3.8) is 0 Å². The smallest absolute Gasteiger partial charge is 0.278 e. The van der Waals surface area contributed by atoms with Crippen LogP contribution in [0, 0.1) is 6.92 Å². The van der Waals surface area contributed by atoms with Crippen LogP contribution in [0.2, 0.25) is 5.02 Å². The van der Waals surface area contributed by atoms with E-state index in [9.17, 15) is 0 Å². The molecular weight excluding hydrogens is 232 g/mol. The maximum Gasteiger partial charge on any atom is 0.278 e. The molecule has 0 saturated carbocycles. The highest BCUT2D eigenvalue weighted by molar-refractivity contribution is 7.11. The minimum atomic E-state index is 0.487. The minimum absolute atomic E-state index is 0.487. The first kappa shape index (κ1) is 10.3. The summed E-state index contributed by atoms with van der Waals surface area (Å²) >= 11 is 7.31. The molecule has 3 nitrogen and oxygen atoms in total. The van der Waals surface area contributed by atoms with E-state index in [-0.39, 0.29) is 0 Å². The first-order chi connectivity index (χ1) is 7.15. The molecular formula is C10H9ClN2OS. The predicted octanol–water partition coefficient (Wildman–Crippen LogP) is 3.48. The van der Waals surface area contributed by atoms with Gasteiger partial charge in [-0.2, -0.15) is 0 Å². The van der Waals surface area contributed by atoms with Gasteiger partial charge in [0.25, 0.3) is 5.19 Å². The van der Waals surface area contributed by atoms with Gasteiger partial charge in [0.05, 0.1) is 16.4 Å². The van der Waals surface area contributed by atoms with Crippen LogP contribution < -0.4 is 10.5 Å². The van der Waals surface area contributed by atoms with Gasteiger partial charge in [0.15, 0.2) is 0 Å². The fourth-order valence-corrected chi connectivity index (χ4v) is 1.89. The van der Waals surface area contributed by atoms with Gasteiger partial charge in [-0.25, -0.2) is 4.98 Å². The molecule has 0 spiro atoms. The molecule has 0 aliphatic carbocycles. The second-order valence-electron chi connectivity index (χ2n) is 3.04. The van der Waals surface area contributed by atoms with Crippen molar-refractivity contribution in [2.24, 2.45) is 0 Å². The molecule has 0 atom stereocenters. The number of nitrogen functional groups attached to an aromatic ring is 1. The van der Waals surface area contributed by atoms with Gasteiger partial charge in [0.2, 0.25) is 0 Å². The van der Waals surface area contributed by atoms with E-state index in [4.69, 9.17) is 22.1 Å². The molecule has 1 heterocycles. The molecule has 0 amide bonds. The number of ether oxygens (including phenoxy) is 1. The quantitative estimate of drug-likeness (QED) is 0.818. The van der Waals surface area contributed by atoms with Crippen LogP contribution in [0.5, 0.6) is 10.9 Å². The maximum atomic E-state index is 5.86. The van der Waals surface area contributed by atoms with Crippen LogP contribution in [-0.2, 0) is 0 Å². The van der Waals surface area contributed by atoms with Crippen LogP contribution in [0.15, 0.2) is 23.6 Å². The molecule has 5 heteroatoms. The van der Waals surface area contributed by atoms with Crippen molar-refractivity contribution in [2.45, 2.75) is 6.92 Å². The lowest BCUT2D eigenvalue weighted by Gasteiger charge is -2.03. The van der Waals surface area contributed by atoms with E-state index in [2.05, 4.69) is 4.98 Å². The normalized spacial score (nSPS) is 10.3. The van der Waals surface area contributed by atoms with E-state index in [1.54, 1.807) is 18.2 Å². The fraction of sp³-hybridized carbons (Fsp3) is 0.100. The van der Waals surface area contributed by atoms with Gasteiger partial charge in [-0.1, -0.05) is 22.9 Å². The molecule has 0 unspecified atom stereocenters. The van der Waals surface area contributed by atoms with Crippen molar-refractivity contribution in [2.75, 3.05) is 5.73 Å². The highest BCUT2D eigenvalue weighted by Crippen LogP contribution is 2.29. The lowest BCUT2D eigenvalue weighted by molar-refractivity contribution is 0.478. The lowest BCUT2D eigenvalue weighted by atomic mass is 10.3. The Morgan fingerprint density at radius 1 is 1.47 bits per heavy atom. The minimum Gasteiger partial charge on any atom is -0.431 e. The van der Waals surface area contributed by atoms with Gasteiger partial charge in [-0.3, -0.25) is 0 Å². The Balaban J connectivity index is 2.21. The Hall–Kier alpha value is -1.26. The van der Waals surface area contributed by atoms with Crippen molar-refractivity contribution in [3.05, 3.63) is 34.3 Å². The topological polar surface area (TPSA) is 48.1 Å². The average Bonchev–Trinajstić information content (AvgIpc) is 2.58. The van der Waals surface area contributed by atoms with E-state index in [1.807, 2.05) is 12.3 Å². The molecule has 0 aliphatic heterocycles. The zero-order valence-corrected chi connectivity index (χ0v) is 9.60. The number of thiazole rings is 1. The van der Waals surface area contributed by atoms with Gasteiger partial charge < -0.3 is 10.5 Å². The van der Waals surface area contributed by atoms with Gasteiger partial charge in [0.1, 0.15) is 5.75 Å². The van der Waals surface area contributed by atoms with Crippen molar-refractivity contribution >= 4 is 28.6 Å². The predicted molar refractivity (Wildman–Crippen MR) is 62.8 cm³/mol. The molecule has 2 rings (SSSR count). The number of aromatic nitrogens is 1. The van der Waals surface area contributed by atoms with Crippen molar-refractivity contribution in [3.8, 4) is 10.9 Å². The molecule has 1 aromatic carbocycles. The average molecular weight is 241 g/mol. The highest BCUT2D eigenvalue weighted by Gasteiger charge is 2.03. The Bertz CT molecular complexity index is 484. The molecule has 0 radical (unpaired) electrons. The van der Waals surface area contributed by atoms with E-state index in [0.29, 0.717) is 21.7 Å². The Labute approximate surface area is 96.5 Å². The van der Waals surface area contributed by atoms with Crippen LogP contribution in [-0.4, -0.2) is 4.98 Å². The number of nitrogens with two attached hydrogens (primary N) is 1. The zero-order valence-electron chi connectivity index (χ0n) is 8.03. The summed E-state index contributed by atoms with van der Waals surface area (Å²) < 4.78 is 5.50. The summed E-state index contributed by atoms with van der Waals surface area (Å²) in [6, 6.07) is 5.14. The monoisotopic (exact) mass is 240 g/mol. The molecule has 0 fully saturated rings. The number of halogens is 1. The third-order valence-electron chi connectivity index (χ3n) is 1.78. The summed E-state index contributed by atoms with van der Waals surface area (Å²) in [6.45, 7) is 1.92. The van der Waals surface area contributed by atoms with Crippen molar-refractivity contribution < 1.29 is 4.74 Å². The number of hydrogen-bond donors (Lipinski definition) is 1. The van der Waals surface area contributed by atoms with Crippen molar-refractivity contribution in [1.82, 2.24) is 4.98 Å². The fourth-order valence-electron chi connectivity index (χ4n) is 1.05. The number of aryl methyl sites for hydroxylation is 1. The highest BCUT2D eigenvalue weighted by atomic mass is 35.5. The van der Waals surface area contributed by atoms with E-state index in [1.165, 1.54) is 11.3 Å². The van der Waals surface area contributed by atoms with E-state index in [0.717, 1.165) is 5.69 Å². The third kappa shape index (κ3) is 2.40. The van der Waals surface area contributed by atoms with Crippen LogP contribution >= 0.6 is 22.9 Å². The Morgan fingerprint density at radius 2 is 2.27 bits per heavy atom. The molecule has 0 bridgehead atoms. The van der Waals surface area contributed by atoms with Crippen LogP contribution in [0.4, 0.5) is 5.69 Å². The molecule has 2 aromatic rings. The summed E-state index contributed by atoms with van der Waals surface area (Å²) in [7, 11) is 0. The van der Waals surface area contributed by atoms with Crippen LogP contribution in [0.3, 0.4) is 0 Å². The second-order valence-corrected chi connectivity index (χ2v) is 4.27. The first-order valence-corrected chi connectivity index (χ1v) is 5.56. The number of nitrogens with zero attached hydrogens (tertiary/aromatic N) is 1. The largest absolute Gasteiger partial charge is 0.431 e. The third-order valence-corrected chi connectivity index (χ3v) is 2.94. The molecule has 15 heavy (non-hydrogen) atoms. The standard InChI is InChI=1S/C10H9ClN2OS/c1-6-5-15-10(13-6)14-7-2-3-9(12)8(11)4-7/h2-5H,12H2,1H3. The summed E-state index contributed by atoms with van der Waals surface area (Å²) in [5, 5.41) is 3.02. The van der Waals surface area contributed by atoms with Crippen molar-refractivity contribution in [1.29, 1.82) is 0 Å². The molecule has 0 aliphatic rings. The maximum absolute atomic E-state index is 5.86. The summed E-state index contributed by atoms with van der Waals surface area (Å²) in [5.41, 5.74) is 7.07.